The standard InChI is InChI=1S/C19H34/c1-5-7-8-9-18(6-2)13-12-17(4)19-14-10-16(3)11-15-19/h5,7,10,17-19H,6,8-9,11-15H2,1-4H3/b7-5+. The molecule has 0 N–H and O–H groups in total. The topological polar surface area (TPSA) is 0 Å². The largest absolute Gasteiger partial charge is 0.0917 e. The van der Waals surface area contributed by atoms with Crippen LogP contribution in [0.1, 0.15) is 79.1 Å². The molecule has 0 heterocycles. The molecular weight excluding hydrogens is 228 g/mol. The summed E-state index contributed by atoms with van der Waals surface area (Å²) >= 11 is 0. The Bertz CT molecular complexity index is 284. The van der Waals surface area contributed by atoms with Crippen LogP contribution in [-0.2, 0) is 0 Å². The van der Waals surface area contributed by atoms with Crippen molar-refractivity contribution in [2.24, 2.45) is 17.8 Å². The molecule has 0 saturated carbocycles. The van der Waals surface area contributed by atoms with Gasteiger partial charge in [-0.25, -0.2) is 0 Å². The Morgan fingerprint density at radius 2 is 2.11 bits per heavy atom. The monoisotopic (exact) mass is 262 g/mol. The van der Waals surface area contributed by atoms with E-state index >= 15 is 0 Å². The van der Waals surface area contributed by atoms with E-state index in [1.807, 2.05) is 0 Å². The maximum Gasteiger partial charge on any atom is -0.0317 e. The summed E-state index contributed by atoms with van der Waals surface area (Å²) in [6, 6.07) is 0. The van der Waals surface area contributed by atoms with Crippen LogP contribution in [0.2, 0.25) is 0 Å². The van der Waals surface area contributed by atoms with E-state index in [2.05, 4.69) is 45.9 Å². The zero-order chi connectivity index (χ0) is 14.1. The Balaban J connectivity index is 2.25. The molecule has 0 nitrogen and oxygen atoms in total. The fourth-order valence-electron chi connectivity index (χ4n) is 3.29. The molecule has 1 rings (SSSR count). The molecule has 1 aliphatic carbocycles. The second-order valence-corrected chi connectivity index (χ2v) is 6.56. The molecule has 0 aliphatic heterocycles. The quantitative estimate of drug-likeness (QED) is 0.436. The number of allylic oxidation sites excluding steroid dienone is 4. The Labute approximate surface area is 121 Å². The summed E-state index contributed by atoms with van der Waals surface area (Å²) in [5.41, 5.74) is 1.61. The average molecular weight is 262 g/mol. The van der Waals surface area contributed by atoms with Gasteiger partial charge in [-0.2, -0.15) is 0 Å². The third-order valence-electron chi connectivity index (χ3n) is 5.07. The van der Waals surface area contributed by atoms with Gasteiger partial charge >= 0.3 is 0 Å². The van der Waals surface area contributed by atoms with Crippen LogP contribution in [0.15, 0.2) is 23.8 Å². The third-order valence-corrected chi connectivity index (χ3v) is 5.07. The lowest BCUT2D eigenvalue weighted by atomic mass is 9.78. The van der Waals surface area contributed by atoms with Crippen molar-refractivity contribution < 1.29 is 0 Å². The van der Waals surface area contributed by atoms with Crippen molar-refractivity contribution in [1.82, 2.24) is 0 Å². The first-order valence-corrected chi connectivity index (χ1v) is 8.44. The smallest absolute Gasteiger partial charge is 0.0317 e. The molecule has 0 saturated heterocycles. The van der Waals surface area contributed by atoms with Crippen LogP contribution in [0.4, 0.5) is 0 Å². The summed E-state index contributed by atoms with van der Waals surface area (Å²) in [7, 11) is 0. The number of rotatable bonds is 8. The van der Waals surface area contributed by atoms with Crippen LogP contribution in [0.3, 0.4) is 0 Å². The molecule has 0 amide bonds. The van der Waals surface area contributed by atoms with E-state index in [0.717, 1.165) is 17.8 Å². The summed E-state index contributed by atoms with van der Waals surface area (Å²) in [4.78, 5) is 0. The predicted molar refractivity (Wildman–Crippen MR) is 87.3 cm³/mol. The maximum absolute atomic E-state index is 2.48. The molecule has 3 unspecified atom stereocenters. The third kappa shape index (κ3) is 6.45. The highest BCUT2D eigenvalue weighted by atomic mass is 14.3. The minimum atomic E-state index is 0.917. The molecule has 110 valence electrons. The number of hydrogen-bond donors (Lipinski definition) is 0. The lowest BCUT2D eigenvalue weighted by Gasteiger charge is -2.27. The molecular formula is C19H34. The Morgan fingerprint density at radius 3 is 2.68 bits per heavy atom. The normalized spacial score (nSPS) is 23.4. The van der Waals surface area contributed by atoms with E-state index < -0.39 is 0 Å². The lowest BCUT2D eigenvalue weighted by Crippen LogP contribution is -2.15. The molecule has 0 spiro atoms. The molecule has 0 radical (unpaired) electrons. The zero-order valence-corrected chi connectivity index (χ0v) is 13.6. The van der Waals surface area contributed by atoms with Crippen LogP contribution in [0.5, 0.6) is 0 Å². The summed E-state index contributed by atoms with van der Waals surface area (Å²) in [5.74, 6) is 2.82. The van der Waals surface area contributed by atoms with Gasteiger partial charge in [-0.3, -0.25) is 0 Å². The second kappa shape index (κ2) is 9.39. The highest BCUT2D eigenvalue weighted by molar-refractivity contribution is 5.03. The fraction of sp³-hybridized carbons (Fsp3) is 0.789. The van der Waals surface area contributed by atoms with Crippen LogP contribution in [-0.4, -0.2) is 0 Å². The van der Waals surface area contributed by atoms with E-state index in [1.165, 1.54) is 51.4 Å². The molecule has 1 aliphatic rings. The minimum Gasteiger partial charge on any atom is -0.0917 e. The molecule has 0 fully saturated rings. The van der Waals surface area contributed by atoms with Gasteiger partial charge in [0.25, 0.3) is 0 Å². The van der Waals surface area contributed by atoms with Crippen molar-refractivity contribution in [2.75, 3.05) is 0 Å². The van der Waals surface area contributed by atoms with Crippen molar-refractivity contribution >= 4 is 0 Å². The van der Waals surface area contributed by atoms with E-state index in [4.69, 9.17) is 0 Å². The zero-order valence-electron chi connectivity index (χ0n) is 13.6. The first kappa shape index (κ1) is 16.5. The molecule has 0 aromatic heterocycles. The lowest BCUT2D eigenvalue weighted by molar-refractivity contribution is 0.279. The van der Waals surface area contributed by atoms with E-state index in [-0.39, 0.29) is 0 Å². The van der Waals surface area contributed by atoms with Crippen molar-refractivity contribution in [3.8, 4) is 0 Å². The summed E-state index contributed by atoms with van der Waals surface area (Å²) < 4.78 is 0. The van der Waals surface area contributed by atoms with Gasteiger partial charge in [0, 0.05) is 0 Å². The van der Waals surface area contributed by atoms with Crippen molar-refractivity contribution in [1.29, 1.82) is 0 Å². The Kier molecular flexibility index (Phi) is 8.18. The van der Waals surface area contributed by atoms with Gasteiger partial charge in [0.05, 0.1) is 0 Å². The summed E-state index contributed by atoms with van der Waals surface area (Å²) in [5, 5.41) is 0. The highest BCUT2D eigenvalue weighted by Gasteiger charge is 2.20. The van der Waals surface area contributed by atoms with E-state index in [9.17, 15) is 0 Å². The van der Waals surface area contributed by atoms with Gasteiger partial charge in [0.15, 0.2) is 0 Å². The van der Waals surface area contributed by atoms with Crippen molar-refractivity contribution in [3.63, 3.8) is 0 Å². The summed E-state index contributed by atoms with van der Waals surface area (Å²) in [6.07, 6.45) is 18.0. The van der Waals surface area contributed by atoms with Crippen LogP contribution in [0.25, 0.3) is 0 Å². The first-order valence-electron chi connectivity index (χ1n) is 8.44. The van der Waals surface area contributed by atoms with Gasteiger partial charge in [0.1, 0.15) is 0 Å². The molecule has 0 heteroatoms. The highest BCUT2D eigenvalue weighted by Crippen LogP contribution is 2.33. The van der Waals surface area contributed by atoms with Gasteiger partial charge in [-0.1, -0.05) is 56.9 Å². The predicted octanol–water partition coefficient (Wildman–Crippen LogP) is 6.53. The van der Waals surface area contributed by atoms with Crippen molar-refractivity contribution in [2.45, 2.75) is 79.1 Å². The van der Waals surface area contributed by atoms with Gasteiger partial charge < -0.3 is 0 Å². The maximum atomic E-state index is 2.48. The second-order valence-electron chi connectivity index (χ2n) is 6.56. The van der Waals surface area contributed by atoms with Gasteiger partial charge in [0.2, 0.25) is 0 Å². The van der Waals surface area contributed by atoms with Gasteiger partial charge in [-0.05, 0) is 63.7 Å². The van der Waals surface area contributed by atoms with Crippen LogP contribution >= 0.6 is 0 Å². The fourth-order valence-corrected chi connectivity index (χ4v) is 3.29. The van der Waals surface area contributed by atoms with Crippen LogP contribution in [0, 0.1) is 17.8 Å². The molecule has 19 heavy (non-hydrogen) atoms. The molecule has 0 bridgehead atoms. The SMILES string of the molecule is C/C=C/CCC(CC)CCC(C)C1CC=C(C)CC1. The van der Waals surface area contributed by atoms with E-state index in [1.54, 1.807) is 5.57 Å². The van der Waals surface area contributed by atoms with Crippen molar-refractivity contribution in [3.05, 3.63) is 23.8 Å². The first-order chi connectivity index (χ1) is 9.17. The molecule has 0 aromatic rings. The van der Waals surface area contributed by atoms with E-state index in [0.29, 0.717) is 0 Å². The molecule has 3 atom stereocenters. The Hall–Kier alpha value is -0.520. The number of hydrogen-bond acceptors (Lipinski definition) is 0. The van der Waals surface area contributed by atoms with Gasteiger partial charge in [-0.15, -0.1) is 0 Å². The summed E-state index contributed by atoms with van der Waals surface area (Å²) in [6.45, 7) is 9.26. The minimum absolute atomic E-state index is 0.917. The Morgan fingerprint density at radius 1 is 1.32 bits per heavy atom. The molecule has 0 aromatic carbocycles. The van der Waals surface area contributed by atoms with Crippen LogP contribution < -0.4 is 0 Å². The average Bonchev–Trinajstić information content (AvgIpc) is 2.43.